The molecule has 3 aromatic carbocycles. The summed E-state index contributed by atoms with van der Waals surface area (Å²) < 4.78 is 7.07. The fourth-order valence-electron chi connectivity index (χ4n) is 7.48. The number of piperidine rings is 1. The average Bonchev–Trinajstić information content (AvgIpc) is 3.73. The first-order valence-electron chi connectivity index (χ1n) is 17.6. The molecule has 1 aromatic heterocycles. The molecule has 0 aliphatic carbocycles. The van der Waals surface area contributed by atoms with Gasteiger partial charge in [-0.05, 0) is 97.3 Å². The number of hydrogen-bond donors (Lipinski definition) is 0. The van der Waals surface area contributed by atoms with Crippen LogP contribution in [0.2, 0.25) is 10.0 Å². The topological polar surface area (TPSA) is 99.9 Å². The molecule has 0 radical (unpaired) electrons. The van der Waals surface area contributed by atoms with Crippen molar-refractivity contribution in [2.75, 3.05) is 73.1 Å². The summed E-state index contributed by atoms with van der Waals surface area (Å²) in [6.45, 7) is 9.44. The van der Waals surface area contributed by atoms with Gasteiger partial charge in [-0.1, -0.05) is 66.5 Å². The minimum atomic E-state index is -0.530. The number of nitrogens with zero attached hydrogens (tertiary/aromatic N) is 8. The van der Waals surface area contributed by atoms with E-state index in [1.807, 2.05) is 36.4 Å². The van der Waals surface area contributed by atoms with Crippen molar-refractivity contribution in [3.63, 3.8) is 0 Å². The summed E-state index contributed by atoms with van der Waals surface area (Å²) in [7, 11) is 3.35. The SMILES string of the molecule is CCN1CCN(C(=O)C2(c3ccccc3)CCN(CCC(CN(C)C(=O)c3cc(-n4cnnn4)ccc3OC)c3ccc(Cl)c(Cl)c3)CC2)CC1. The molecule has 2 aliphatic rings. The Kier molecular flexibility index (Phi) is 11.9. The van der Waals surface area contributed by atoms with Gasteiger partial charge in [0.25, 0.3) is 5.91 Å². The van der Waals surface area contributed by atoms with Crippen molar-refractivity contribution in [3.05, 3.63) is 99.8 Å². The number of amides is 2. The van der Waals surface area contributed by atoms with Crippen LogP contribution in [0.15, 0.2) is 73.1 Å². The van der Waals surface area contributed by atoms with Crippen LogP contribution in [-0.2, 0) is 10.2 Å². The predicted octanol–water partition coefficient (Wildman–Crippen LogP) is 5.42. The Morgan fingerprint density at radius 3 is 2.31 bits per heavy atom. The summed E-state index contributed by atoms with van der Waals surface area (Å²) >= 11 is 12.8. The lowest BCUT2D eigenvalue weighted by atomic mass is 9.71. The molecule has 2 amide bonds. The van der Waals surface area contributed by atoms with E-state index in [2.05, 4.69) is 49.3 Å². The van der Waals surface area contributed by atoms with Crippen LogP contribution in [0.5, 0.6) is 5.75 Å². The van der Waals surface area contributed by atoms with Crippen LogP contribution in [0.3, 0.4) is 0 Å². The Balaban J connectivity index is 1.17. The van der Waals surface area contributed by atoms with Gasteiger partial charge in [-0.3, -0.25) is 9.59 Å². The lowest BCUT2D eigenvalue weighted by Crippen LogP contribution is -2.57. The number of likely N-dealkylation sites (tertiary alicyclic amines) is 1. The number of methoxy groups -OCH3 is 1. The number of carbonyl (C=O) groups excluding carboxylic acids is 2. The van der Waals surface area contributed by atoms with Crippen molar-refractivity contribution >= 4 is 35.0 Å². The van der Waals surface area contributed by atoms with E-state index in [0.29, 0.717) is 33.6 Å². The van der Waals surface area contributed by atoms with E-state index < -0.39 is 5.41 Å². The third-order valence-corrected chi connectivity index (χ3v) is 11.4. The first kappa shape index (κ1) is 36.8. The molecule has 2 saturated heterocycles. The molecular formula is C38H46Cl2N8O3. The van der Waals surface area contributed by atoms with E-state index in [1.165, 1.54) is 11.0 Å². The van der Waals surface area contributed by atoms with Gasteiger partial charge in [-0.25, -0.2) is 4.68 Å². The third-order valence-electron chi connectivity index (χ3n) is 10.6. The Hall–Kier alpha value is -4.03. The number of piperazine rings is 1. The van der Waals surface area contributed by atoms with E-state index >= 15 is 0 Å². The highest BCUT2D eigenvalue weighted by Crippen LogP contribution is 2.38. The fraction of sp³-hybridized carbons (Fsp3) is 0.447. The van der Waals surface area contributed by atoms with Crippen LogP contribution in [-0.4, -0.2) is 125 Å². The summed E-state index contributed by atoms with van der Waals surface area (Å²) in [6, 6.07) is 21.3. The number of hydrogen-bond acceptors (Lipinski definition) is 8. The van der Waals surface area contributed by atoms with Crippen molar-refractivity contribution in [3.8, 4) is 11.4 Å². The highest BCUT2D eigenvalue weighted by atomic mass is 35.5. The van der Waals surface area contributed by atoms with E-state index in [1.54, 1.807) is 37.3 Å². The summed E-state index contributed by atoms with van der Waals surface area (Å²) in [5.74, 6) is 0.514. The average molecular weight is 734 g/mol. The molecule has 0 bridgehead atoms. The maximum atomic E-state index is 14.3. The number of ether oxygens (including phenoxy) is 1. The van der Waals surface area contributed by atoms with Gasteiger partial charge >= 0.3 is 0 Å². The second kappa shape index (κ2) is 16.5. The monoisotopic (exact) mass is 732 g/mol. The number of tetrazole rings is 1. The number of benzene rings is 3. The van der Waals surface area contributed by atoms with Gasteiger partial charge in [0, 0.05) is 45.7 Å². The van der Waals surface area contributed by atoms with Crippen LogP contribution < -0.4 is 4.74 Å². The maximum absolute atomic E-state index is 14.3. The molecule has 3 heterocycles. The van der Waals surface area contributed by atoms with Gasteiger partial charge in [0.1, 0.15) is 12.1 Å². The van der Waals surface area contributed by atoms with Gasteiger partial charge in [0.05, 0.1) is 33.8 Å². The van der Waals surface area contributed by atoms with E-state index in [0.717, 1.165) is 82.7 Å². The van der Waals surface area contributed by atoms with Crippen molar-refractivity contribution in [2.24, 2.45) is 0 Å². The first-order chi connectivity index (χ1) is 24.7. The van der Waals surface area contributed by atoms with Crippen molar-refractivity contribution in [2.45, 2.75) is 37.5 Å². The number of carbonyl (C=O) groups is 2. The molecule has 0 saturated carbocycles. The predicted molar refractivity (Wildman–Crippen MR) is 199 cm³/mol. The highest BCUT2D eigenvalue weighted by Gasteiger charge is 2.45. The Morgan fingerprint density at radius 2 is 1.67 bits per heavy atom. The molecule has 4 aromatic rings. The molecule has 2 fully saturated rings. The number of aromatic nitrogens is 4. The Morgan fingerprint density at radius 1 is 0.922 bits per heavy atom. The smallest absolute Gasteiger partial charge is 0.257 e. The lowest BCUT2D eigenvalue weighted by Gasteiger charge is -2.45. The molecule has 6 rings (SSSR count). The lowest BCUT2D eigenvalue weighted by molar-refractivity contribution is -0.141. The molecule has 1 unspecified atom stereocenters. The van der Waals surface area contributed by atoms with Gasteiger partial charge in [-0.2, -0.15) is 0 Å². The molecule has 13 heteroatoms. The molecule has 2 aliphatic heterocycles. The second-order valence-corrected chi connectivity index (χ2v) is 14.3. The quantitative estimate of drug-likeness (QED) is 0.191. The van der Waals surface area contributed by atoms with Gasteiger partial charge < -0.3 is 24.3 Å². The zero-order valence-electron chi connectivity index (χ0n) is 29.5. The molecule has 11 nitrogen and oxygen atoms in total. The summed E-state index contributed by atoms with van der Waals surface area (Å²) in [5, 5.41) is 12.4. The summed E-state index contributed by atoms with van der Waals surface area (Å²) in [4.78, 5) is 37.0. The van der Waals surface area contributed by atoms with Crippen molar-refractivity contribution in [1.29, 1.82) is 0 Å². The minimum absolute atomic E-state index is 0.0280. The molecule has 51 heavy (non-hydrogen) atoms. The third kappa shape index (κ3) is 8.22. The largest absolute Gasteiger partial charge is 0.496 e. The van der Waals surface area contributed by atoms with Crippen molar-refractivity contribution < 1.29 is 14.3 Å². The molecular weight excluding hydrogens is 687 g/mol. The Labute approximate surface area is 310 Å². The van der Waals surface area contributed by atoms with Crippen LogP contribution in [0.1, 0.15) is 53.6 Å². The van der Waals surface area contributed by atoms with Crippen LogP contribution in [0.4, 0.5) is 0 Å². The number of halogens is 2. The normalized spacial score (nSPS) is 17.2. The van der Waals surface area contributed by atoms with Crippen LogP contribution >= 0.6 is 23.2 Å². The molecule has 1 atom stereocenters. The molecule has 0 spiro atoms. The number of rotatable bonds is 12. The van der Waals surface area contributed by atoms with Gasteiger partial charge in [0.2, 0.25) is 5.91 Å². The van der Waals surface area contributed by atoms with Crippen LogP contribution in [0.25, 0.3) is 5.69 Å². The zero-order chi connectivity index (χ0) is 36.0. The second-order valence-electron chi connectivity index (χ2n) is 13.5. The first-order valence-corrected chi connectivity index (χ1v) is 18.4. The zero-order valence-corrected chi connectivity index (χ0v) is 31.1. The van der Waals surface area contributed by atoms with E-state index in [4.69, 9.17) is 27.9 Å². The van der Waals surface area contributed by atoms with Crippen molar-refractivity contribution in [1.82, 2.24) is 39.8 Å². The Bertz CT molecular complexity index is 1780. The molecule has 0 N–H and O–H groups in total. The summed E-state index contributed by atoms with van der Waals surface area (Å²) in [6.07, 6.45) is 3.78. The minimum Gasteiger partial charge on any atom is -0.496 e. The maximum Gasteiger partial charge on any atom is 0.257 e. The highest BCUT2D eigenvalue weighted by molar-refractivity contribution is 6.42. The van der Waals surface area contributed by atoms with Gasteiger partial charge in [0.15, 0.2) is 0 Å². The van der Waals surface area contributed by atoms with E-state index in [-0.39, 0.29) is 17.7 Å². The van der Waals surface area contributed by atoms with Gasteiger partial charge in [-0.15, -0.1) is 5.10 Å². The molecule has 270 valence electrons. The standard InChI is InChI=1S/C38H46Cl2N8O3/c1-4-45-20-22-47(23-21-45)37(50)38(30-8-6-5-7-9-30)15-18-46(19-16-38)17-14-29(28-10-12-33(39)34(40)24-28)26-44(2)36(49)32-25-31(11-13-35(32)51-3)48-27-41-42-43-48/h5-13,24-25,27,29H,4,14-23,26H2,1-3H3. The number of likely N-dealkylation sites (N-methyl/N-ethyl adjacent to an activating group) is 2. The summed E-state index contributed by atoms with van der Waals surface area (Å²) in [5.41, 5.74) is 2.65. The van der Waals surface area contributed by atoms with E-state index in [9.17, 15) is 9.59 Å². The fourth-order valence-corrected chi connectivity index (χ4v) is 7.79. The van der Waals surface area contributed by atoms with Crippen LogP contribution in [0, 0.1) is 0 Å².